The summed E-state index contributed by atoms with van der Waals surface area (Å²) >= 11 is 4.39. The maximum absolute atomic E-state index is 10.5. The summed E-state index contributed by atoms with van der Waals surface area (Å²) in [6.45, 7) is 0. The molecule has 0 radical (unpaired) electrons. The SMILES string of the molecule is O=S1(=O)C=CNC1=S. The van der Waals surface area contributed by atoms with Gasteiger partial charge in [-0.2, -0.15) is 0 Å². The van der Waals surface area contributed by atoms with Crippen LogP contribution in [0.15, 0.2) is 11.6 Å². The van der Waals surface area contributed by atoms with Gasteiger partial charge in [0.05, 0.1) is 5.41 Å². The standard InChI is InChI=1S/C3H3NO2S2/c5-8(6)2-1-4-3(8)7/h1-2H,(H,4,7). The summed E-state index contributed by atoms with van der Waals surface area (Å²) in [6, 6.07) is 0. The van der Waals surface area contributed by atoms with E-state index in [0.717, 1.165) is 5.41 Å². The summed E-state index contributed by atoms with van der Waals surface area (Å²) in [5.41, 5.74) is 0. The third-order valence-electron chi connectivity index (χ3n) is 0.707. The minimum absolute atomic E-state index is 0.113. The van der Waals surface area contributed by atoms with Crippen molar-refractivity contribution < 1.29 is 8.42 Å². The molecule has 0 bridgehead atoms. The van der Waals surface area contributed by atoms with Gasteiger partial charge in [-0.15, -0.1) is 0 Å². The molecule has 44 valence electrons. The molecule has 0 unspecified atom stereocenters. The molecule has 1 aliphatic heterocycles. The Labute approximate surface area is 52.3 Å². The number of rotatable bonds is 0. The number of sulfone groups is 1. The average molecular weight is 149 g/mol. The number of nitrogens with one attached hydrogen (secondary N) is 1. The first-order chi connectivity index (χ1) is 3.63. The van der Waals surface area contributed by atoms with E-state index in [9.17, 15) is 8.42 Å². The van der Waals surface area contributed by atoms with E-state index in [-0.39, 0.29) is 4.32 Å². The second kappa shape index (κ2) is 1.53. The van der Waals surface area contributed by atoms with E-state index < -0.39 is 9.84 Å². The van der Waals surface area contributed by atoms with Crippen LogP contribution in [0.1, 0.15) is 0 Å². The highest BCUT2D eigenvalue weighted by Crippen LogP contribution is 1.99. The van der Waals surface area contributed by atoms with Gasteiger partial charge in [-0.3, -0.25) is 0 Å². The van der Waals surface area contributed by atoms with Crippen molar-refractivity contribution in [1.82, 2.24) is 5.32 Å². The lowest BCUT2D eigenvalue weighted by atomic mass is 11.0. The zero-order valence-electron chi connectivity index (χ0n) is 3.79. The van der Waals surface area contributed by atoms with Crippen LogP contribution in [0.3, 0.4) is 0 Å². The highest BCUT2D eigenvalue weighted by atomic mass is 32.2. The van der Waals surface area contributed by atoms with E-state index in [1.165, 1.54) is 6.20 Å². The molecule has 0 saturated heterocycles. The predicted molar refractivity (Wildman–Crippen MR) is 33.8 cm³/mol. The maximum Gasteiger partial charge on any atom is 0.227 e. The fourth-order valence-corrected chi connectivity index (χ4v) is 1.17. The smallest absolute Gasteiger partial charge is 0.227 e. The highest BCUT2D eigenvalue weighted by molar-refractivity contribution is 8.19. The van der Waals surface area contributed by atoms with E-state index >= 15 is 0 Å². The summed E-state index contributed by atoms with van der Waals surface area (Å²) in [6.07, 6.45) is 1.30. The molecule has 0 fully saturated rings. The highest BCUT2D eigenvalue weighted by Gasteiger charge is 2.16. The van der Waals surface area contributed by atoms with Crippen molar-refractivity contribution in [3.63, 3.8) is 0 Å². The predicted octanol–water partition coefficient (Wildman–Crippen LogP) is -0.239. The van der Waals surface area contributed by atoms with Crippen LogP contribution in [0.5, 0.6) is 0 Å². The van der Waals surface area contributed by atoms with E-state index in [2.05, 4.69) is 17.5 Å². The van der Waals surface area contributed by atoms with Gasteiger partial charge >= 0.3 is 0 Å². The topological polar surface area (TPSA) is 46.2 Å². The fourth-order valence-electron chi connectivity index (χ4n) is 0.336. The molecule has 5 heteroatoms. The van der Waals surface area contributed by atoms with Crippen molar-refractivity contribution in [1.29, 1.82) is 0 Å². The Morgan fingerprint density at radius 3 is 2.38 bits per heavy atom. The Kier molecular flexibility index (Phi) is 1.09. The lowest BCUT2D eigenvalue weighted by Gasteiger charge is -1.86. The first-order valence-corrected chi connectivity index (χ1v) is 3.80. The van der Waals surface area contributed by atoms with Crippen molar-refractivity contribution in [2.45, 2.75) is 0 Å². The largest absolute Gasteiger partial charge is 0.342 e. The zero-order valence-corrected chi connectivity index (χ0v) is 5.42. The molecule has 1 N–H and O–H groups in total. The summed E-state index contributed by atoms with van der Waals surface area (Å²) in [5, 5.41) is 3.41. The molecule has 0 spiro atoms. The molecule has 0 amide bonds. The van der Waals surface area contributed by atoms with Crippen LogP contribution in [0.25, 0.3) is 0 Å². The summed E-state index contributed by atoms with van der Waals surface area (Å²) < 4.78 is 20.8. The van der Waals surface area contributed by atoms with E-state index in [1.54, 1.807) is 0 Å². The molecule has 0 saturated carbocycles. The van der Waals surface area contributed by atoms with Crippen molar-refractivity contribution in [2.24, 2.45) is 0 Å². The molecule has 0 aliphatic carbocycles. The molecular formula is C3H3NO2S2. The van der Waals surface area contributed by atoms with E-state index in [0.29, 0.717) is 0 Å². The minimum Gasteiger partial charge on any atom is -0.342 e. The Morgan fingerprint density at radius 2 is 2.25 bits per heavy atom. The van der Waals surface area contributed by atoms with E-state index in [1.807, 2.05) is 0 Å². The fraction of sp³-hybridized carbons (Fsp3) is 0. The average Bonchev–Trinajstić information content (AvgIpc) is 1.86. The first-order valence-electron chi connectivity index (χ1n) is 1.85. The number of hydrogen-bond acceptors (Lipinski definition) is 3. The molecule has 0 aromatic carbocycles. The van der Waals surface area contributed by atoms with E-state index in [4.69, 9.17) is 0 Å². The quantitative estimate of drug-likeness (QED) is 0.483. The third-order valence-corrected chi connectivity index (χ3v) is 2.65. The van der Waals surface area contributed by atoms with Gasteiger partial charge in [0, 0.05) is 6.20 Å². The van der Waals surface area contributed by atoms with Gasteiger partial charge in [-0.25, -0.2) is 8.42 Å². The molecule has 0 atom stereocenters. The Balaban J connectivity index is 3.19. The van der Waals surface area contributed by atoms with Gasteiger partial charge in [-0.05, 0) is 12.2 Å². The normalized spacial score (nSPS) is 23.2. The van der Waals surface area contributed by atoms with Crippen LogP contribution >= 0.6 is 12.2 Å². The van der Waals surface area contributed by atoms with Crippen molar-refractivity contribution >= 4 is 26.4 Å². The van der Waals surface area contributed by atoms with Crippen molar-refractivity contribution in [2.75, 3.05) is 0 Å². The first kappa shape index (κ1) is 5.71. The summed E-state index contributed by atoms with van der Waals surface area (Å²) in [4.78, 5) is 0. The van der Waals surface area contributed by atoms with Crippen LogP contribution in [0.2, 0.25) is 0 Å². The molecule has 1 aliphatic rings. The Bertz CT molecular complexity index is 238. The van der Waals surface area contributed by atoms with Gasteiger partial charge in [0.2, 0.25) is 14.2 Å². The zero-order chi connectivity index (χ0) is 6.20. The lowest BCUT2D eigenvalue weighted by molar-refractivity contribution is 0.615. The minimum atomic E-state index is -3.19. The second-order valence-electron chi connectivity index (χ2n) is 1.28. The molecule has 3 nitrogen and oxygen atoms in total. The van der Waals surface area contributed by atoms with Gasteiger partial charge < -0.3 is 5.32 Å². The van der Waals surface area contributed by atoms with Gasteiger partial charge in [0.15, 0.2) is 0 Å². The van der Waals surface area contributed by atoms with Crippen LogP contribution in [0.4, 0.5) is 0 Å². The lowest BCUT2D eigenvalue weighted by Crippen LogP contribution is -2.15. The van der Waals surface area contributed by atoms with Crippen LogP contribution in [-0.2, 0) is 9.84 Å². The Hall–Kier alpha value is -0.420. The second-order valence-corrected chi connectivity index (χ2v) is 3.72. The molecule has 0 aromatic rings. The van der Waals surface area contributed by atoms with Gasteiger partial charge in [0.1, 0.15) is 0 Å². The number of hydrogen-bond donors (Lipinski definition) is 1. The number of thiocarbonyl (C=S) groups is 1. The van der Waals surface area contributed by atoms with Crippen molar-refractivity contribution in [3.8, 4) is 0 Å². The van der Waals surface area contributed by atoms with Crippen molar-refractivity contribution in [3.05, 3.63) is 11.6 Å². The molecular weight excluding hydrogens is 146 g/mol. The third kappa shape index (κ3) is 0.740. The van der Waals surface area contributed by atoms with Gasteiger partial charge in [0.25, 0.3) is 0 Å². The van der Waals surface area contributed by atoms with Crippen LogP contribution < -0.4 is 5.32 Å². The van der Waals surface area contributed by atoms with Crippen LogP contribution in [-0.4, -0.2) is 12.7 Å². The molecule has 0 aromatic heterocycles. The summed E-state index contributed by atoms with van der Waals surface area (Å²) in [5.74, 6) is 0. The Morgan fingerprint density at radius 1 is 1.62 bits per heavy atom. The van der Waals surface area contributed by atoms with Crippen LogP contribution in [0, 0.1) is 0 Å². The van der Waals surface area contributed by atoms with Gasteiger partial charge in [-0.1, -0.05) is 0 Å². The monoisotopic (exact) mass is 149 g/mol. The summed E-state index contributed by atoms with van der Waals surface area (Å²) in [7, 11) is -3.19. The maximum atomic E-state index is 10.5. The molecule has 8 heavy (non-hydrogen) atoms. The molecule has 1 heterocycles. The molecule has 1 rings (SSSR count).